The zero-order valence-corrected chi connectivity index (χ0v) is 7.40. The first-order valence-corrected chi connectivity index (χ1v) is 4.28. The number of hydrogen-bond donors (Lipinski definition) is 1. The molecule has 0 aliphatic carbocycles. The molecule has 4 heteroatoms. The molecule has 0 radical (unpaired) electrons. The van der Waals surface area contributed by atoms with Gasteiger partial charge in [-0.05, 0) is 18.1 Å². The molecule has 0 saturated carbocycles. The first-order chi connectivity index (χ1) is 6.68. The highest BCUT2D eigenvalue weighted by molar-refractivity contribution is 6.00. The van der Waals surface area contributed by atoms with Crippen LogP contribution in [0.2, 0.25) is 0 Å². The Hall–Kier alpha value is -1.68. The Labute approximate surface area is 80.7 Å². The maximum Gasteiger partial charge on any atom is 0.346 e. The third-order valence-electron chi connectivity index (χ3n) is 2.17. The second-order valence-corrected chi connectivity index (χ2v) is 3.18. The lowest BCUT2D eigenvalue weighted by atomic mass is 10.0. The largest absolute Gasteiger partial charge is 0.388 e. The van der Waals surface area contributed by atoms with Crippen molar-refractivity contribution in [2.45, 2.75) is 12.5 Å². The molecule has 0 saturated heterocycles. The minimum Gasteiger partial charge on any atom is -0.388 e. The Bertz CT molecular complexity index is 400. The van der Waals surface area contributed by atoms with Crippen molar-refractivity contribution in [3.05, 3.63) is 35.4 Å². The second-order valence-electron chi connectivity index (χ2n) is 3.18. The van der Waals surface area contributed by atoms with Crippen LogP contribution < -0.4 is 5.73 Å². The van der Waals surface area contributed by atoms with Crippen LogP contribution in [-0.4, -0.2) is 18.0 Å². The van der Waals surface area contributed by atoms with Crippen molar-refractivity contribution < 1.29 is 14.3 Å². The van der Waals surface area contributed by atoms with Crippen LogP contribution in [-0.2, 0) is 16.0 Å². The number of esters is 2. The SMILES string of the molecule is N[C@H]1Cc2ccccc2C(=O)OC1=O. The van der Waals surface area contributed by atoms with Gasteiger partial charge in [-0.25, -0.2) is 9.59 Å². The lowest BCUT2D eigenvalue weighted by Crippen LogP contribution is -2.33. The van der Waals surface area contributed by atoms with Crippen LogP contribution in [0.4, 0.5) is 0 Å². The van der Waals surface area contributed by atoms with Gasteiger partial charge in [0.25, 0.3) is 0 Å². The van der Waals surface area contributed by atoms with E-state index in [2.05, 4.69) is 4.74 Å². The smallest absolute Gasteiger partial charge is 0.346 e. The number of carbonyl (C=O) groups is 2. The Morgan fingerprint density at radius 1 is 1.29 bits per heavy atom. The summed E-state index contributed by atoms with van der Waals surface area (Å²) < 4.78 is 4.55. The van der Waals surface area contributed by atoms with Gasteiger partial charge in [0.1, 0.15) is 6.04 Å². The molecule has 14 heavy (non-hydrogen) atoms. The van der Waals surface area contributed by atoms with Crippen molar-refractivity contribution in [1.29, 1.82) is 0 Å². The highest BCUT2D eigenvalue weighted by atomic mass is 16.6. The number of benzene rings is 1. The number of rotatable bonds is 0. The minimum absolute atomic E-state index is 0.348. The zero-order chi connectivity index (χ0) is 10.1. The molecule has 1 aliphatic rings. The summed E-state index contributed by atoms with van der Waals surface area (Å²) in [4.78, 5) is 22.5. The Morgan fingerprint density at radius 2 is 2.00 bits per heavy atom. The zero-order valence-electron chi connectivity index (χ0n) is 7.40. The number of carbonyl (C=O) groups excluding carboxylic acids is 2. The lowest BCUT2D eigenvalue weighted by molar-refractivity contribution is -0.139. The average Bonchev–Trinajstić information content (AvgIpc) is 2.27. The van der Waals surface area contributed by atoms with Crippen molar-refractivity contribution in [3.8, 4) is 0 Å². The van der Waals surface area contributed by atoms with Gasteiger partial charge in [-0.1, -0.05) is 18.2 Å². The van der Waals surface area contributed by atoms with Crippen LogP contribution in [0.3, 0.4) is 0 Å². The summed E-state index contributed by atoms with van der Waals surface area (Å²) in [6, 6.07) is 6.18. The maximum atomic E-state index is 11.4. The van der Waals surface area contributed by atoms with Gasteiger partial charge in [0.15, 0.2) is 0 Å². The van der Waals surface area contributed by atoms with Gasteiger partial charge in [0, 0.05) is 0 Å². The van der Waals surface area contributed by atoms with Crippen molar-refractivity contribution in [2.75, 3.05) is 0 Å². The van der Waals surface area contributed by atoms with Gasteiger partial charge >= 0.3 is 11.9 Å². The standard InChI is InChI=1S/C10H9NO3/c11-8-5-6-3-1-2-4-7(6)9(12)14-10(8)13/h1-4,8H,5,11H2/t8-/m0/s1. The molecule has 0 bridgehead atoms. The Balaban J connectivity index is 2.48. The summed E-state index contributed by atoms with van der Waals surface area (Å²) in [6.45, 7) is 0. The number of nitrogens with two attached hydrogens (primary N) is 1. The summed E-state index contributed by atoms with van der Waals surface area (Å²) in [6.07, 6.45) is 0.348. The minimum atomic E-state index is -0.748. The van der Waals surface area contributed by atoms with Gasteiger partial charge in [-0.3, -0.25) is 0 Å². The van der Waals surface area contributed by atoms with E-state index in [1.807, 2.05) is 0 Å². The summed E-state index contributed by atoms with van der Waals surface area (Å²) in [5, 5.41) is 0. The molecule has 0 fully saturated rings. The van der Waals surface area contributed by atoms with E-state index in [1.54, 1.807) is 24.3 Å². The van der Waals surface area contributed by atoms with E-state index in [-0.39, 0.29) is 0 Å². The van der Waals surface area contributed by atoms with Gasteiger partial charge < -0.3 is 10.5 Å². The van der Waals surface area contributed by atoms with E-state index in [0.29, 0.717) is 12.0 Å². The fourth-order valence-corrected chi connectivity index (χ4v) is 1.44. The van der Waals surface area contributed by atoms with Crippen LogP contribution >= 0.6 is 0 Å². The van der Waals surface area contributed by atoms with Gasteiger partial charge in [0.05, 0.1) is 5.56 Å². The molecule has 2 rings (SSSR count). The molecule has 0 aromatic heterocycles. The number of cyclic esters (lactones) is 2. The van der Waals surface area contributed by atoms with Crippen molar-refractivity contribution >= 4 is 11.9 Å². The molecule has 4 nitrogen and oxygen atoms in total. The molecule has 1 heterocycles. The van der Waals surface area contributed by atoms with Gasteiger partial charge in [-0.2, -0.15) is 0 Å². The summed E-state index contributed by atoms with van der Waals surface area (Å²) >= 11 is 0. The second kappa shape index (κ2) is 3.23. The Kier molecular flexibility index (Phi) is 2.05. The average molecular weight is 191 g/mol. The third-order valence-corrected chi connectivity index (χ3v) is 2.17. The molecule has 1 aromatic rings. The monoisotopic (exact) mass is 191 g/mol. The van der Waals surface area contributed by atoms with Gasteiger partial charge in [0.2, 0.25) is 0 Å². The molecule has 1 atom stereocenters. The predicted molar refractivity (Wildman–Crippen MR) is 48.5 cm³/mol. The van der Waals surface area contributed by atoms with Crippen molar-refractivity contribution in [2.24, 2.45) is 5.73 Å². The van der Waals surface area contributed by atoms with Gasteiger partial charge in [-0.15, -0.1) is 0 Å². The molecule has 2 N–H and O–H groups in total. The fraction of sp³-hybridized carbons (Fsp3) is 0.200. The van der Waals surface area contributed by atoms with Crippen LogP contribution in [0, 0.1) is 0 Å². The molecule has 0 unspecified atom stereocenters. The van der Waals surface area contributed by atoms with E-state index in [0.717, 1.165) is 5.56 Å². The molecule has 72 valence electrons. The maximum absolute atomic E-state index is 11.4. The van der Waals surface area contributed by atoms with E-state index in [4.69, 9.17) is 5.73 Å². The molecular weight excluding hydrogens is 182 g/mol. The fourth-order valence-electron chi connectivity index (χ4n) is 1.44. The van der Waals surface area contributed by atoms with E-state index in [1.165, 1.54) is 0 Å². The van der Waals surface area contributed by atoms with E-state index < -0.39 is 18.0 Å². The normalized spacial score (nSPS) is 21.1. The number of ether oxygens (including phenoxy) is 1. The highest BCUT2D eigenvalue weighted by Crippen LogP contribution is 2.16. The first-order valence-electron chi connectivity index (χ1n) is 4.28. The molecule has 0 amide bonds. The summed E-state index contributed by atoms with van der Waals surface area (Å²) in [5.74, 6) is -1.27. The number of fused-ring (bicyclic) bond motifs is 1. The van der Waals surface area contributed by atoms with Crippen molar-refractivity contribution in [3.63, 3.8) is 0 Å². The van der Waals surface area contributed by atoms with Crippen LogP contribution in [0.1, 0.15) is 15.9 Å². The highest BCUT2D eigenvalue weighted by Gasteiger charge is 2.27. The topological polar surface area (TPSA) is 69.4 Å². The quantitative estimate of drug-likeness (QED) is 0.471. The molecular formula is C10H9NO3. The summed E-state index contributed by atoms with van der Waals surface area (Å²) in [5.41, 5.74) is 6.71. The molecule has 1 aliphatic heterocycles. The predicted octanol–water partition coefficient (Wildman–Crippen LogP) is 0.253. The lowest BCUT2D eigenvalue weighted by Gasteiger charge is -2.03. The van der Waals surface area contributed by atoms with E-state index in [9.17, 15) is 9.59 Å². The Morgan fingerprint density at radius 3 is 2.79 bits per heavy atom. The van der Waals surface area contributed by atoms with Crippen LogP contribution in [0.15, 0.2) is 24.3 Å². The third kappa shape index (κ3) is 1.40. The van der Waals surface area contributed by atoms with E-state index >= 15 is 0 Å². The molecule has 1 aromatic carbocycles. The first kappa shape index (κ1) is 8.90. The van der Waals surface area contributed by atoms with Crippen LogP contribution in [0.5, 0.6) is 0 Å². The van der Waals surface area contributed by atoms with Crippen LogP contribution in [0.25, 0.3) is 0 Å². The molecule has 0 spiro atoms. The summed E-state index contributed by atoms with van der Waals surface area (Å²) in [7, 11) is 0. The van der Waals surface area contributed by atoms with Crippen molar-refractivity contribution in [1.82, 2.24) is 0 Å². The number of hydrogen-bond acceptors (Lipinski definition) is 4.